The average Bonchev–Trinajstić information content (AvgIpc) is 2.74. The lowest BCUT2D eigenvalue weighted by atomic mass is 10.2. The number of likely N-dealkylation sites (N-methyl/N-ethyl adjacent to an activating group) is 1. The first kappa shape index (κ1) is 12.7. The number of amides is 1. The fraction of sp³-hybridized carbons (Fsp3) is 0.364. The second-order valence-corrected chi connectivity index (χ2v) is 4.07. The Morgan fingerprint density at radius 2 is 2.44 bits per heavy atom. The van der Waals surface area contributed by atoms with Crippen molar-refractivity contribution in [2.45, 2.75) is 0 Å². The lowest BCUT2D eigenvalue weighted by molar-refractivity contribution is 0.0767. The molecule has 4 nitrogen and oxygen atoms in total. The Hall–Kier alpha value is -1.35. The minimum Gasteiger partial charge on any atom is -0.395 e. The zero-order valence-corrected chi connectivity index (χ0v) is 9.88. The van der Waals surface area contributed by atoms with E-state index in [2.05, 4.69) is 11.8 Å². The molecule has 86 valence electrons. The van der Waals surface area contributed by atoms with Crippen molar-refractivity contribution in [3.8, 4) is 11.8 Å². The smallest absolute Gasteiger partial charge is 0.254 e. The third-order valence-electron chi connectivity index (χ3n) is 1.94. The summed E-state index contributed by atoms with van der Waals surface area (Å²) in [5, 5.41) is 10.5. The van der Waals surface area contributed by atoms with Crippen LogP contribution < -0.4 is 5.73 Å². The first-order valence-electron chi connectivity index (χ1n) is 4.83. The van der Waals surface area contributed by atoms with Crippen LogP contribution >= 0.6 is 11.3 Å². The molecule has 0 saturated heterocycles. The van der Waals surface area contributed by atoms with Crippen LogP contribution in [-0.2, 0) is 0 Å². The van der Waals surface area contributed by atoms with Gasteiger partial charge in [-0.1, -0.05) is 11.8 Å². The van der Waals surface area contributed by atoms with Crippen LogP contribution in [0.25, 0.3) is 0 Å². The summed E-state index contributed by atoms with van der Waals surface area (Å²) < 4.78 is 0. The van der Waals surface area contributed by atoms with Crippen molar-refractivity contribution in [1.82, 2.24) is 4.90 Å². The normalized spacial score (nSPS) is 9.44. The van der Waals surface area contributed by atoms with Gasteiger partial charge in [0, 0.05) is 19.0 Å². The maximum Gasteiger partial charge on any atom is 0.254 e. The summed E-state index contributed by atoms with van der Waals surface area (Å²) in [4.78, 5) is 14.1. The number of carbonyl (C=O) groups is 1. The third kappa shape index (κ3) is 3.35. The first-order valence-corrected chi connectivity index (χ1v) is 5.70. The molecule has 3 N–H and O–H groups in total. The minimum atomic E-state index is -0.105. The lowest BCUT2D eigenvalue weighted by Crippen LogP contribution is -2.29. The van der Waals surface area contributed by atoms with Gasteiger partial charge in [-0.05, 0) is 6.07 Å². The minimum absolute atomic E-state index is 0.0355. The van der Waals surface area contributed by atoms with Gasteiger partial charge in [-0.2, -0.15) is 0 Å². The highest BCUT2D eigenvalue weighted by molar-refractivity contribution is 7.10. The van der Waals surface area contributed by atoms with Crippen LogP contribution in [0.2, 0.25) is 0 Å². The Labute approximate surface area is 98.7 Å². The van der Waals surface area contributed by atoms with Gasteiger partial charge in [-0.25, -0.2) is 0 Å². The molecule has 0 aliphatic rings. The van der Waals surface area contributed by atoms with Gasteiger partial charge in [-0.3, -0.25) is 4.79 Å². The quantitative estimate of drug-likeness (QED) is 0.735. The van der Waals surface area contributed by atoms with Gasteiger partial charge in [0.2, 0.25) is 0 Å². The summed E-state index contributed by atoms with van der Waals surface area (Å²) in [7, 11) is 1.65. The molecule has 0 spiro atoms. The summed E-state index contributed by atoms with van der Waals surface area (Å²) in [5.74, 6) is 5.50. The van der Waals surface area contributed by atoms with Gasteiger partial charge in [0.25, 0.3) is 5.91 Å². The molecule has 1 heterocycles. The van der Waals surface area contributed by atoms with E-state index in [0.717, 1.165) is 4.88 Å². The van der Waals surface area contributed by atoms with Crippen molar-refractivity contribution in [3.63, 3.8) is 0 Å². The molecular formula is C11H14N2O2S. The summed E-state index contributed by atoms with van der Waals surface area (Å²) in [6.07, 6.45) is 0. The second-order valence-electron chi connectivity index (χ2n) is 3.16. The third-order valence-corrected chi connectivity index (χ3v) is 2.79. The van der Waals surface area contributed by atoms with Crippen LogP contribution in [0.15, 0.2) is 11.4 Å². The molecule has 0 aliphatic heterocycles. The maximum atomic E-state index is 11.8. The highest BCUT2D eigenvalue weighted by Gasteiger charge is 2.12. The Morgan fingerprint density at radius 3 is 3.06 bits per heavy atom. The van der Waals surface area contributed by atoms with E-state index in [4.69, 9.17) is 10.8 Å². The Bertz CT molecular complexity index is 417. The molecule has 0 radical (unpaired) electrons. The van der Waals surface area contributed by atoms with E-state index in [1.807, 2.05) is 0 Å². The molecule has 1 rings (SSSR count). The van der Waals surface area contributed by atoms with Gasteiger partial charge in [0.15, 0.2) is 0 Å². The van der Waals surface area contributed by atoms with Crippen LogP contribution in [0, 0.1) is 11.8 Å². The van der Waals surface area contributed by atoms with Gasteiger partial charge in [0.05, 0.1) is 23.6 Å². The predicted molar refractivity (Wildman–Crippen MR) is 64.3 cm³/mol. The molecule has 16 heavy (non-hydrogen) atoms. The van der Waals surface area contributed by atoms with Crippen LogP contribution in [0.5, 0.6) is 0 Å². The molecule has 0 unspecified atom stereocenters. The van der Waals surface area contributed by atoms with E-state index in [1.54, 1.807) is 18.5 Å². The Morgan fingerprint density at radius 1 is 1.69 bits per heavy atom. The van der Waals surface area contributed by atoms with Crippen molar-refractivity contribution in [3.05, 3.63) is 21.9 Å². The zero-order valence-electron chi connectivity index (χ0n) is 9.06. The molecule has 5 heteroatoms. The molecule has 0 aromatic carbocycles. The van der Waals surface area contributed by atoms with E-state index in [0.29, 0.717) is 18.7 Å². The summed E-state index contributed by atoms with van der Waals surface area (Å²) in [6, 6.07) is 1.74. The summed E-state index contributed by atoms with van der Waals surface area (Å²) in [6.45, 7) is 0.607. The van der Waals surface area contributed by atoms with Crippen LogP contribution in [0.4, 0.5) is 0 Å². The number of aliphatic hydroxyl groups excluding tert-OH is 1. The zero-order chi connectivity index (χ0) is 12.0. The Balaban J connectivity index is 2.74. The van der Waals surface area contributed by atoms with Crippen LogP contribution in [-0.4, -0.2) is 42.7 Å². The number of rotatable bonds is 3. The second kappa shape index (κ2) is 6.28. The van der Waals surface area contributed by atoms with E-state index in [-0.39, 0.29) is 12.5 Å². The number of nitrogens with zero attached hydrogens (tertiary/aromatic N) is 1. The fourth-order valence-electron chi connectivity index (χ4n) is 1.12. The topological polar surface area (TPSA) is 66.6 Å². The first-order chi connectivity index (χ1) is 7.69. The molecule has 0 aliphatic carbocycles. The molecule has 0 bridgehead atoms. The van der Waals surface area contributed by atoms with Crippen molar-refractivity contribution in [1.29, 1.82) is 0 Å². The standard InChI is InChI=1S/C11H14N2O2S/c1-13(5-6-14)11(15)9-7-10(16-8-9)3-2-4-12/h7-8,14H,4-6,12H2,1H3. The number of nitrogens with two attached hydrogens (primary N) is 1. The monoisotopic (exact) mass is 238 g/mol. The van der Waals surface area contributed by atoms with Crippen molar-refractivity contribution in [2.75, 3.05) is 26.7 Å². The highest BCUT2D eigenvalue weighted by Crippen LogP contribution is 2.14. The maximum absolute atomic E-state index is 11.8. The van der Waals surface area contributed by atoms with Crippen molar-refractivity contribution < 1.29 is 9.90 Å². The van der Waals surface area contributed by atoms with Crippen molar-refractivity contribution >= 4 is 17.2 Å². The number of hydrogen-bond donors (Lipinski definition) is 2. The summed E-state index contributed by atoms with van der Waals surface area (Å²) in [5.41, 5.74) is 5.86. The van der Waals surface area contributed by atoms with Crippen LogP contribution in [0.1, 0.15) is 15.2 Å². The average molecular weight is 238 g/mol. The number of hydrogen-bond acceptors (Lipinski definition) is 4. The molecule has 1 aromatic rings. The number of thiophene rings is 1. The molecular weight excluding hydrogens is 224 g/mol. The predicted octanol–water partition coefficient (Wildman–Crippen LogP) is 0.123. The fourth-order valence-corrected chi connectivity index (χ4v) is 1.87. The van der Waals surface area contributed by atoms with E-state index < -0.39 is 0 Å². The van der Waals surface area contributed by atoms with Gasteiger partial charge >= 0.3 is 0 Å². The van der Waals surface area contributed by atoms with Gasteiger partial charge < -0.3 is 15.7 Å². The van der Waals surface area contributed by atoms with Crippen molar-refractivity contribution in [2.24, 2.45) is 5.73 Å². The number of aliphatic hydroxyl groups is 1. The lowest BCUT2D eigenvalue weighted by Gasteiger charge is -2.14. The van der Waals surface area contributed by atoms with E-state index >= 15 is 0 Å². The van der Waals surface area contributed by atoms with E-state index in [1.165, 1.54) is 16.2 Å². The van der Waals surface area contributed by atoms with Gasteiger partial charge in [-0.15, -0.1) is 11.3 Å². The molecule has 0 fully saturated rings. The molecule has 0 atom stereocenters. The van der Waals surface area contributed by atoms with Crippen LogP contribution in [0.3, 0.4) is 0 Å². The SMILES string of the molecule is CN(CCO)C(=O)c1csc(C#CCN)c1. The highest BCUT2D eigenvalue weighted by atomic mass is 32.1. The Kier molecular flexibility index (Phi) is 4.99. The van der Waals surface area contributed by atoms with Gasteiger partial charge in [0.1, 0.15) is 0 Å². The number of carbonyl (C=O) groups excluding carboxylic acids is 1. The van der Waals surface area contributed by atoms with E-state index in [9.17, 15) is 4.79 Å². The molecule has 1 aromatic heterocycles. The largest absolute Gasteiger partial charge is 0.395 e. The molecule has 1 amide bonds. The summed E-state index contributed by atoms with van der Waals surface area (Å²) >= 11 is 1.41. The molecule has 0 saturated carbocycles.